The van der Waals surface area contributed by atoms with Crippen LogP contribution < -0.4 is 0 Å². The average molecular weight is 663 g/mol. The first-order valence-electron chi connectivity index (χ1n) is 16.9. The maximum Gasteiger partial charge on any atom is 0.187 e. The summed E-state index contributed by atoms with van der Waals surface area (Å²) in [4.78, 5) is 0. The van der Waals surface area contributed by atoms with E-state index in [1.165, 1.54) is 33.5 Å². The lowest BCUT2D eigenvalue weighted by Crippen LogP contribution is -2.65. The van der Waals surface area contributed by atoms with Crippen molar-refractivity contribution in [3.8, 4) is 0 Å². The summed E-state index contributed by atoms with van der Waals surface area (Å²) in [6.45, 7) is 3.36. The molecule has 0 bridgehead atoms. The highest BCUT2D eigenvalue weighted by Gasteiger charge is 2.52. The van der Waals surface area contributed by atoms with Crippen LogP contribution in [0.3, 0.4) is 0 Å². The van der Waals surface area contributed by atoms with Crippen LogP contribution in [0, 0.1) is 0 Å². The van der Waals surface area contributed by atoms with Crippen LogP contribution in [0.1, 0.15) is 56.6 Å². The van der Waals surface area contributed by atoms with Crippen molar-refractivity contribution in [2.24, 2.45) is 0 Å². The lowest BCUT2D eigenvalue weighted by molar-refractivity contribution is -0.363. The van der Waals surface area contributed by atoms with Crippen molar-refractivity contribution < 1.29 is 53.2 Å². The standard InChI is InChI=1S/C36H54O11/c1-4-5-6-7-8-15-20-44-36-34(41-3)30(38)32(28(46-36)24-43-22-26-18-13-10-14-19-26)47-35-31(39)33(40-2)29(37)27(45-35)23-42-21-25-16-11-9-12-17-25/h9-14,16-19,27-39H,4-8,15,20-24H2,1-3H3/t27-,28-,29-,30+,31+,32-,33+,34+,35-,36+/m1/s1. The summed E-state index contributed by atoms with van der Waals surface area (Å²) < 4.78 is 47.8. The third-order valence-electron chi connectivity index (χ3n) is 8.66. The number of methoxy groups -OCH3 is 2. The molecule has 264 valence electrons. The Morgan fingerprint density at radius 2 is 1.15 bits per heavy atom. The Balaban J connectivity index is 1.43. The Bertz CT molecular complexity index is 1090. The molecule has 2 fully saturated rings. The van der Waals surface area contributed by atoms with Crippen molar-refractivity contribution in [1.82, 2.24) is 0 Å². The van der Waals surface area contributed by atoms with Gasteiger partial charge in [-0.2, -0.15) is 0 Å². The number of aliphatic hydroxyl groups is 3. The van der Waals surface area contributed by atoms with E-state index < -0.39 is 61.4 Å². The van der Waals surface area contributed by atoms with Gasteiger partial charge in [0.15, 0.2) is 12.6 Å². The van der Waals surface area contributed by atoms with Crippen molar-refractivity contribution in [3.05, 3.63) is 71.8 Å². The van der Waals surface area contributed by atoms with E-state index in [9.17, 15) is 15.3 Å². The zero-order valence-corrected chi connectivity index (χ0v) is 27.9. The summed E-state index contributed by atoms with van der Waals surface area (Å²) in [5, 5.41) is 33.7. The van der Waals surface area contributed by atoms with E-state index in [0.29, 0.717) is 19.8 Å². The van der Waals surface area contributed by atoms with Gasteiger partial charge in [0, 0.05) is 20.8 Å². The topological polar surface area (TPSA) is 135 Å². The lowest BCUT2D eigenvalue weighted by Gasteiger charge is -2.47. The summed E-state index contributed by atoms with van der Waals surface area (Å²) in [7, 11) is 2.87. The fourth-order valence-corrected chi connectivity index (χ4v) is 5.98. The van der Waals surface area contributed by atoms with E-state index >= 15 is 0 Å². The second-order valence-corrected chi connectivity index (χ2v) is 12.2. The van der Waals surface area contributed by atoms with Gasteiger partial charge in [-0.05, 0) is 17.5 Å². The maximum absolute atomic E-state index is 11.6. The summed E-state index contributed by atoms with van der Waals surface area (Å²) in [6, 6.07) is 19.4. The first-order chi connectivity index (χ1) is 23.0. The van der Waals surface area contributed by atoms with Crippen LogP contribution in [-0.4, -0.2) is 111 Å². The highest BCUT2D eigenvalue weighted by atomic mass is 16.7. The Morgan fingerprint density at radius 3 is 1.74 bits per heavy atom. The molecule has 2 aromatic carbocycles. The van der Waals surface area contributed by atoms with Gasteiger partial charge in [-0.3, -0.25) is 0 Å². The Morgan fingerprint density at radius 1 is 0.596 bits per heavy atom. The SMILES string of the molecule is CCCCCCCCO[C@H]1O[C@H](COCc2ccccc2)[C@@H](O[C@H]2O[C@H](COCc3ccccc3)[C@@H](O)[C@H](OC)[C@@H]2O)[C@H](O)[C@@H]1OC. The van der Waals surface area contributed by atoms with Gasteiger partial charge in [0.2, 0.25) is 0 Å². The van der Waals surface area contributed by atoms with Crippen LogP contribution in [0.25, 0.3) is 0 Å². The van der Waals surface area contributed by atoms with Gasteiger partial charge in [-0.25, -0.2) is 0 Å². The maximum atomic E-state index is 11.6. The molecule has 0 aromatic heterocycles. The van der Waals surface area contributed by atoms with Crippen LogP contribution in [0.2, 0.25) is 0 Å². The Labute approximate surface area is 279 Å². The quantitative estimate of drug-likeness (QED) is 0.179. The fourth-order valence-electron chi connectivity index (χ4n) is 5.98. The molecule has 2 saturated heterocycles. The first-order valence-corrected chi connectivity index (χ1v) is 16.9. The van der Waals surface area contributed by atoms with Gasteiger partial charge in [0.1, 0.15) is 48.8 Å². The predicted octanol–water partition coefficient (Wildman–Crippen LogP) is 3.74. The zero-order chi connectivity index (χ0) is 33.4. The summed E-state index contributed by atoms with van der Waals surface area (Å²) in [6.07, 6.45) is -3.88. The first kappa shape index (κ1) is 37.8. The number of hydrogen-bond acceptors (Lipinski definition) is 11. The minimum absolute atomic E-state index is 0.0187. The van der Waals surface area contributed by atoms with Crippen molar-refractivity contribution in [3.63, 3.8) is 0 Å². The van der Waals surface area contributed by atoms with Gasteiger partial charge in [0.05, 0.1) is 26.4 Å². The van der Waals surface area contributed by atoms with Crippen LogP contribution in [0.15, 0.2) is 60.7 Å². The molecule has 10 atom stereocenters. The minimum Gasteiger partial charge on any atom is -0.387 e. The third kappa shape index (κ3) is 11.3. The number of ether oxygens (including phenoxy) is 8. The van der Waals surface area contributed by atoms with Crippen molar-refractivity contribution in [1.29, 1.82) is 0 Å². The van der Waals surface area contributed by atoms with E-state index in [1.807, 2.05) is 60.7 Å². The summed E-state index contributed by atoms with van der Waals surface area (Å²) in [5.41, 5.74) is 1.95. The van der Waals surface area contributed by atoms with Gasteiger partial charge >= 0.3 is 0 Å². The molecule has 0 radical (unpaired) electrons. The minimum atomic E-state index is -1.37. The van der Waals surface area contributed by atoms with Gasteiger partial charge in [-0.1, -0.05) is 99.7 Å². The van der Waals surface area contributed by atoms with Crippen molar-refractivity contribution in [2.45, 2.75) is 120 Å². The molecule has 2 heterocycles. The lowest BCUT2D eigenvalue weighted by atomic mass is 9.96. The third-order valence-corrected chi connectivity index (χ3v) is 8.66. The second-order valence-electron chi connectivity index (χ2n) is 12.2. The van der Waals surface area contributed by atoms with E-state index in [4.69, 9.17) is 37.9 Å². The van der Waals surface area contributed by atoms with Crippen molar-refractivity contribution in [2.75, 3.05) is 34.0 Å². The van der Waals surface area contributed by atoms with E-state index in [2.05, 4.69) is 6.92 Å². The van der Waals surface area contributed by atoms with Gasteiger partial charge in [-0.15, -0.1) is 0 Å². The smallest absolute Gasteiger partial charge is 0.187 e. The molecule has 0 saturated carbocycles. The molecule has 2 aliphatic rings. The van der Waals surface area contributed by atoms with Gasteiger partial charge < -0.3 is 53.2 Å². The zero-order valence-electron chi connectivity index (χ0n) is 27.9. The van der Waals surface area contributed by atoms with Crippen LogP contribution in [0.4, 0.5) is 0 Å². The molecule has 11 heteroatoms. The molecule has 0 aliphatic carbocycles. The molecule has 0 spiro atoms. The van der Waals surface area contributed by atoms with E-state index in [0.717, 1.165) is 30.4 Å². The molecule has 0 unspecified atom stereocenters. The molecule has 11 nitrogen and oxygen atoms in total. The van der Waals surface area contributed by atoms with Gasteiger partial charge in [0.25, 0.3) is 0 Å². The van der Waals surface area contributed by atoms with E-state index in [1.54, 1.807) is 0 Å². The molecule has 3 N–H and O–H groups in total. The van der Waals surface area contributed by atoms with Crippen LogP contribution in [-0.2, 0) is 51.1 Å². The fraction of sp³-hybridized carbons (Fsp3) is 0.667. The van der Waals surface area contributed by atoms with Crippen molar-refractivity contribution >= 4 is 0 Å². The molecule has 2 aromatic rings. The predicted molar refractivity (Wildman–Crippen MR) is 173 cm³/mol. The van der Waals surface area contributed by atoms with Crippen LogP contribution in [0.5, 0.6) is 0 Å². The molecular weight excluding hydrogens is 608 g/mol. The molecule has 4 rings (SSSR count). The summed E-state index contributed by atoms with van der Waals surface area (Å²) >= 11 is 0. The number of hydrogen-bond donors (Lipinski definition) is 3. The summed E-state index contributed by atoms with van der Waals surface area (Å²) in [5.74, 6) is 0. The monoisotopic (exact) mass is 662 g/mol. The largest absolute Gasteiger partial charge is 0.387 e. The number of aliphatic hydroxyl groups excluding tert-OH is 3. The Kier molecular flexibility index (Phi) is 16.5. The highest BCUT2D eigenvalue weighted by molar-refractivity contribution is 5.14. The second kappa shape index (κ2) is 20.5. The van der Waals surface area contributed by atoms with E-state index in [-0.39, 0.29) is 13.2 Å². The number of benzene rings is 2. The molecule has 0 amide bonds. The van der Waals surface area contributed by atoms with Crippen LogP contribution >= 0.6 is 0 Å². The molecule has 47 heavy (non-hydrogen) atoms. The normalized spacial score (nSPS) is 31.2. The molecule has 2 aliphatic heterocycles. The number of rotatable bonds is 20. The highest BCUT2D eigenvalue weighted by Crippen LogP contribution is 2.32. The average Bonchev–Trinajstić information content (AvgIpc) is 3.09. The Hall–Kier alpha value is -2.00. The number of unbranched alkanes of at least 4 members (excludes halogenated alkanes) is 5. The molecular formula is C36H54O11.